The Morgan fingerprint density at radius 3 is 3.14 bits per heavy atom. The van der Waals surface area contributed by atoms with Crippen molar-refractivity contribution < 1.29 is 19.3 Å². The van der Waals surface area contributed by atoms with Crippen LogP contribution in [0.2, 0.25) is 0 Å². The molecule has 1 aliphatic heterocycles. The highest BCUT2D eigenvalue weighted by atomic mass is 16.6. The number of hydrogen-bond acceptors (Lipinski definition) is 4. The van der Waals surface area contributed by atoms with Crippen LogP contribution in [0.15, 0.2) is 18.2 Å². The molecule has 0 aromatic heterocycles. The van der Waals surface area contributed by atoms with Gasteiger partial charge in [-0.05, 0) is 12.1 Å². The Hall–Kier alpha value is -1.42. The second-order valence-electron chi connectivity index (χ2n) is 3.02. The van der Waals surface area contributed by atoms with E-state index in [2.05, 4.69) is 0 Å². The lowest BCUT2D eigenvalue weighted by Crippen LogP contribution is -2.32. The molecule has 1 aromatic carbocycles. The van der Waals surface area contributed by atoms with Crippen LogP contribution < -0.4 is 14.2 Å². The standard InChI is InChI=1S/C10H12O4/c1-12-8-3-2-4-9-10(8)14-7(5-11)6-13-9/h2-4,7,11H,5-6H2,1H3. The number of aliphatic hydroxyl groups is 1. The molecule has 0 bridgehead atoms. The van der Waals surface area contributed by atoms with Crippen molar-refractivity contribution in [2.45, 2.75) is 6.10 Å². The monoisotopic (exact) mass is 196 g/mol. The van der Waals surface area contributed by atoms with E-state index in [9.17, 15) is 0 Å². The Bertz CT molecular complexity index is 310. The fraction of sp³-hybridized carbons (Fsp3) is 0.400. The third kappa shape index (κ3) is 1.48. The molecule has 0 saturated heterocycles. The second kappa shape index (κ2) is 3.75. The van der Waals surface area contributed by atoms with Crippen molar-refractivity contribution in [1.82, 2.24) is 0 Å². The normalized spacial score (nSPS) is 19.1. The van der Waals surface area contributed by atoms with Gasteiger partial charge in [-0.3, -0.25) is 0 Å². The minimum Gasteiger partial charge on any atom is -0.493 e. The molecule has 1 aromatic rings. The average Bonchev–Trinajstić information content (AvgIpc) is 2.27. The SMILES string of the molecule is COc1cccc2c1OC(CO)CO2. The Balaban J connectivity index is 2.33. The van der Waals surface area contributed by atoms with Crippen LogP contribution in [0.25, 0.3) is 0 Å². The number of para-hydroxylation sites is 1. The summed E-state index contributed by atoms with van der Waals surface area (Å²) in [5, 5.41) is 8.93. The van der Waals surface area contributed by atoms with Gasteiger partial charge in [0.2, 0.25) is 5.75 Å². The molecule has 0 amide bonds. The van der Waals surface area contributed by atoms with Crippen LogP contribution >= 0.6 is 0 Å². The third-order valence-electron chi connectivity index (χ3n) is 2.08. The fourth-order valence-electron chi connectivity index (χ4n) is 1.36. The largest absolute Gasteiger partial charge is 0.493 e. The molecule has 4 nitrogen and oxygen atoms in total. The van der Waals surface area contributed by atoms with Gasteiger partial charge in [0.05, 0.1) is 13.7 Å². The molecular weight excluding hydrogens is 184 g/mol. The first-order valence-corrected chi connectivity index (χ1v) is 4.42. The van der Waals surface area contributed by atoms with Gasteiger partial charge in [-0.25, -0.2) is 0 Å². The van der Waals surface area contributed by atoms with Gasteiger partial charge < -0.3 is 19.3 Å². The Morgan fingerprint density at radius 1 is 1.57 bits per heavy atom. The summed E-state index contributed by atoms with van der Waals surface area (Å²) in [6, 6.07) is 5.44. The molecule has 0 saturated carbocycles. The number of benzene rings is 1. The summed E-state index contributed by atoms with van der Waals surface area (Å²) >= 11 is 0. The maximum absolute atomic E-state index is 8.93. The van der Waals surface area contributed by atoms with Gasteiger partial charge in [0.1, 0.15) is 6.61 Å². The Labute approximate surface area is 82.0 Å². The van der Waals surface area contributed by atoms with Crippen LogP contribution in [0.4, 0.5) is 0 Å². The predicted octanol–water partition coefficient (Wildman–Crippen LogP) is 0.827. The maximum atomic E-state index is 8.93. The number of fused-ring (bicyclic) bond motifs is 1. The first-order chi connectivity index (χ1) is 6.85. The van der Waals surface area contributed by atoms with Crippen molar-refractivity contribution in [1.29, 1.82) is 0 Å². The van der Waals surface area contributed by atoms with E-state index in [-0.39, 0.29) is 12.7 Å². The predicted molar refractivity (Wildman–Crippen MR) is 50.0 cm³/mol. The van der Waals surface area contributed by atoms with E-state index in [4.69, 9.17) is 19.3 Å². The van der Waals surface area contributed by atoms with E-state index in [0.717, 1.165) is 0 Å². The smallest absolute Gasteiger partial charge is 0.204 e. The molecule has 1 atom stereocenters. The molecule has 4 heteroatoms. The molecule has 1 heterocycles. The van der Waals surface area contributed by atoms with Gasteiger partial charge >= 0.3 is 0 Å². The van der Waals surface area contributed by atoms with Gasteiger partial charge in [0.25, 0.3) is 0 Å². The molecule has 0 radical (unpaired) electrons. The van der Waals surface area contributed by atoms with E-state index in [0.29, 0.717) is 23.9 Å². The van der Waals surface area contributed by atoms with Crippen molar-refractivity contribution in [3.8, 4) is 17.2 Å². The summed E-state index contributed by atoms with van der Waals surface area (Å²) in [5.41, 5.74) is 0. The van der Waals surface area contributed by atoms with E-state index < -0.39 is 0 Å². The maximum Gasteiger partial charge on any atom is 0.204 e. The first kappa shape index (κ1) is 9.15. The second-order valence-corrected chi connectivity index (χ2v) is 3.02. The van der Waals surface area contributed by atoms with E-state index in [1.165, 1.54) is 0 Å². The van der Waals surface area contributed by atoms with Crippen LogP contribution in [0.1, 0.15) is 0 Å². The average molecular weight is 196 g/mol. The summed E-state index contributed by atoms with van der Waals surface area (Å²) in [6.45, 7) is 0.314. The topological polar surface area (TPSA) is 47.9 Å². The van der Waals surface area contributed by atoms with E-state index >= 15 is 0 Å². The summed E-state index contributed by atoms with van der Waals surface area (Å²) in [5.74, 6) is 1.86. The minimum absolute atomic E-state index is 0.0580. The van der Waals surface area contributed by atoms with E-state index in [1.807, 2.05) is 12.1 Å². The quantitative estimate of drug-likeness (QED) is 0.761. The van der Waals surface area contributed by atoms with Crippen molar-refractivity contribution >= 4 is 0 Å². The number of ether oxygens (including phenoxy) is 3. The molecular formula is C10H12O4. The van der Waals surface area contributed by atoms with Crippen molar-refractivity contribution in [2.75, 3.05) is 20.3 Å². The highest BCUT2D eigenvalue weighted by molar-refractivity contribution is 5.51. The molecule has 76 valence electrons. The summed E-state index contributed by atoms with van der Waals surface area (Å²) in [4.78, 5) is 0. The highest BCUT2D eigenvalue weighted by Gasteiger charge is 2.23. The molecule has 1 unspecified atom stereocenters. The fourth-order valence-corrected chi connectivity index (χ4v) is 1.36. The first-order valence-electron chi connectivity index (χ1n) is 4.42. The van der Waals surface area contributed by atoms with Gasteiger partial charge in [0.15, 0.2) is 17.6 Å². The molecule has 0 aliphatic carbocycles. The van der Waals surface area contributed by atoms with Crippen molar-refractivity contribution in [2.24, 2.45) is 0 Å². The van der Waals surface area contributed by atoms with Crippen LogP contribution in [0.3, 0.4) is 0 Å². The highest BCUT2D eigenvalue weighted by Crippen LogP contribution is 2.39. The van der Waals surface area contributed by atoms with Crippen molar-refractivity contribution in [3.63, 3.8) is 0 Å². The molecule has 0 fully saturated rings. The molecule has 1 aliphatic rings. The van der Waals surface area contributed by atoms with Crippen LogP contribution in [0, 0.1) is 0 Å². The zero-order valence-corrected chi connectivity index (χ0v) is 7.90. The van der Waals surface area contributed by atoms with Gasteiger partial charge in [-0.2, -0.15) is 0 Å². The van der Waals surface area contributed by atoms with Gasteiger partial charge in [0, 0.05) is 0 Å². The lowest BCUT2D eigenvalue weighted by Gasteiger charge is -2.26. The molecule has 14 heavy (non-hydrogen) atoms. The number of aliphatic hydroxyl groups excluding tert-OH is 1. The summed E-state index contributed by atoms with van der Waals surface area (Å²) in [6.07, 6.45) is -0.307. The molecule has 2 rings (SSSR count). The van der Waals surface area contributed by atoms with Crippen LogP contribution in [-0.4, -0.2) is 31.5 Å². The zero-order chi connectivity index (χ0) is 9.97. The summed E-state index contributed by atoms with van der Waals surface area (Å²) in [7, 11) is 1.57. The van der Waals surface area contributed by atoms with Crippen molar-refractivity contribution in [3.05, 3.63) is 18.2 Å². The van der Waals surface area contributed by atoms with Crippen LogP contribution in [0.5, 0.6) is 17.2 Å². The number of methoxy groups -OCH3 is 1. The lowest BCUT2D eigenvalue weighted by atomic mass is 10.2. The Kier molecular flexibility index (Phi) is 2.45. The number of hydrogen-bond donors (Lipinski definition) is 1. The zero-order valence-electron chi connectivity index (χ0n) is 7.90. The van der Waals surface area contributed by atoms with Gasteiger partial charge in [-0.1, -0.05) is 6.07 Å². The molecule has 1 N–H and O–H groups in total. The van der Waals surface area contributed by atoms with Gasteiger partial charge in [-0.15, -0.1) is 0 Å². The summed E-state index contributed by atoms with van der Waals surface area (Å²) < 4.78 is 16.0. The van der Waals surface area contributed by atoms with Crippen LogP contribution in [-0.2, 0) is 0 Å². The van der Waals surface area contributed by atoms with E-state index in [1.54, 1.807) is 13.2 Å². The molecule has 0 spiro atoms. The third-order valence-corrected chi connectivity index (χ3v) is 2.08. The number of rotatable bonds is 2. The minimum atomic E-state index is -0.307. The lowest BCUT2D eigenvalue weighted by molar-refractivity contribution is 0.0430. The Morgan fingerprint density at radius 2 is 2.43 bits per heavy atom.